The lowest BCUT2D eigenvalue weighted by molar-refractivity contribution is 0.107. The van der Waals surface area contributed by atoms with Gasteiger partial charge in [0.1, 0.15) is 29.3 Å². The van der Waals surface area contributed by atoms with E-state index in [1.807, 2.05) is 61.6 Å². The van der Waals surface area contributed by atoms with Crippen LogP contribution in [0.1, 0.15) is 22.3 Å². The van der Waals surface area contributed by atoms with Crippen LogP contribution in [-0.2, 0) is 38.1 Å². The molecule has 2 N–H and O–H groups in total. The second-order valence-electron chi connectivity index (χ2n) is 10.9. The van der Waals surface area contributed by atoms with Crippen molar-refractivity contribution in [1.29, 1.82) is 0 Å². The molecule has 5 aromatic rings. The molecule has 4 aromatic carbocycles. The Balaban J connectivity index is 1.39. The Labute approximate surface area is 275 Å². The average Bonchev–Trinajstić information content (AvgIpc) is 3.54. The van der Waals surface area contributed by atoms with Crippen molar-refractivity contribution in [1.82, 2.24) is 14.8 Å². The fourth-order valence-electron chi connectivity index (χ4n) is 5.40. The molecule has 0 amide bonds. The quantitative estimate of drug-likeness (QED) is 0.136. The first-order valence-electron chi connectivity index (χ1n) is 15.0. The first-order valence-corrected chi connectivity index (χ1v) is 15.0. The lowest BCUT2D eigenvalue weighted by Crippen LogP contribution is -2.23. The lowest BCUT2D eigenvalue weighted by atomic mass is 10.1. The number of hydrogen-bond acceptors (Lipinski definition) is 10. The van der Waals surface area contributed by atoms with Crippen LogP contribution in [0.4, 0.5) is 11.4 Å². The van der Waals surface area contributed by atoms with Gasteiger partial charge < -0.3 is 39.1 Å². The summed E-state index contributed by atoms with van der Waals surface area (Å²) in [7, 11) is 10.0. The highest BCUT2D eigenvalue weighted by atomic mass is 16.5. The first-order chi connectivity index (χ1) is 22.8. The zero-order valence-electron chi connectivity index (χ0n) is 27.6. The van der Waals surface area contributed by atoms with Crippen LogP contribution in [-0.4, -0.2) is 50.3 Å². The molecule has 0 atom stereocenters. The summed E-state index contributed by atoms with van der Waals surface area (Å²) in [6, 6.07) is 23.8. The molecule has 0 aliphatic rings. The molecule has 0 unspecified atom stereocenters. The SMILES string of the molecule is COc1ccc(CN(Cc2ccc(OC)cc2OC)c2cccc(COCc3cc(N)c(OC)c(-c4ncn(C)n4)c3)c2)c(OC)c1. The van der Waals surface area contributed by atoms with E-state index in [4.69, 9.17) is 34.2 Å². The van der Waals surface area contributed by atoms with Crippen LogP contribution in [0.5, 0.6) is 28.7 Å². The maximum atomic E-state index is 6.33. The van der Waals surface area contributed by atoms with Gasteiger partial charge in [-0.15, -0.1) is 0 Å². The Hall–Kier alpha value is -5.42. The van der Waals surface area contributed by atoms with E-state index >= 15 is 0 Å². The minimum Gasteiger partial charge on any atom is -0.497 e. The van der Waals surface area contributed by atoms with E-state index in [9.17, 15) is 0 Å². The van der Waals surface area contributed by atoms with Gasteiger partial charge in [0.25, 0.3) is 0 Å². The zero-order chi connectivity index (χ0) is 33.3. The third-order valence-electron chi connectivity index (χ3n) is 7.75. The molecular formula is C36H41N5O6. The number of anilines is 2. The summed E-state index contributed by atoms with van der Waals surface area (Å²) in [5, 5.41) is 4.42. The molecule has 0 spiro atoms. The van der Waals surface area contributed by atoms with Crippen LogP contribution in [0.2, 0.25) is 0 Å². The van der Waals surface area contributed by atoms with Gasteiger partial charge in [0.2, 0.25) is 0 Å². The predicted molar refractivity (Wildman–Crippen MR) is 181 cm³/mol. The molecule has 0 aliphatic carbocycles. The Bertz CT molecular complexity index is 1750. The van der Waals surface area contributed by atoms with Crippen molar-refractivity contribution in [3.63, 3.8) is 0 Å². The largest absolute Gasteiger partial charge is 0.497 e. The molecule has 246 valence electrons. The maximum absolute atomic E-state index is 6.33. The number of nitrogen functional groups attached to an aromatic ring is 1. The van der Waals surface area contributed by atoms with Gasteiger partial charge in [-0.2, -0.15) is 5.10 Å². The predicted octanol–water partition coefficient (Wildman–Crippen LogP) is 6.03. The molecule has 0 saturated heterocycles. The molecule has 0 saturated carbocycles. The molecule has 11 nitrogen and oxygen atoms in total. The van der Waals surface area contributed by atoms with Gasteiger partial charge in [-0.25, -0.2) is 4.98 Å². The van der Waals surface area contributed by atoms with E-state index in [0.29, 0.717) is 49.1 Å². The number of methoxy groups -OCH3 is 5. The normalized spacial score (nSPS) is 10.9. The molecule has 47 heavy (non-hydrogen) atoms. The van der Waals surface area contributed by atoms with E-state index in [1.54, 1.807) is 46.6 Å². The first kappa shape index (κ1) is 33.0. The van der Waals surface area contributed by atoms with Crippen LogP contribution < -0.4 is 34.3 Å². The fraction of sp³-hybridized carbons (Fsp3) is 0.278. The molecular weight excluding hydrogens is 598 g/mol. The van der Waals surface area contributed by atoms with Gasteiger partial charge in [0.05, 0.1) is 60.0 Å². The van der Waals surface area contributed by atoms with Crippen molar-refractivity contribution in [3.05, 3.63) is 101 Å². The fourth-order valence-corrected chi connectivity index (χ4v) is 5.40. The third kappa shape index (κ3) is 7.87. The molecule has 0 radical (unpaired) electrons. The Kier molecular flexibility index (Phi) is 10.7. The number of nitrogens with zero attached hydrogens (tertiary/aromatic N) is 4. The van der Waals surface area contributed by atoms with Gasteiger partial charge in [-0.3, -0.25) is 4.68 Å². The highest BCUT2D eigenvalue weighted by Gasteiger charge is 2.18. The van der Waals surface area contributed by atoms with E-state index in [-0.39, 0.29) is 0 Å². The van der Waals surface area contributed by atoms with Gasteiger partial charge in [0, 0.05) is 49.1 Å². The van der Waals surface area contributed by atoms with Gasteiger partial charge >= 0.3 is 0 Å². The smallest absolute Gasteiger partial charge is 0.184 e. The second kappa shape index (κ2) is 15.2. The zero-order valence-corrected chi connectivity index (χ0v) is 27.6. The van der Waals surface area contributed by atoms with Crippen molar-refractivity contribution in [2.45, 2.75) is 26.3 Å². The second-order valence-corrected chi connectivity index (χ2v) is 10.9. The summed E-state index contributed by atoms with van der Waals surface area (Å²) >= 11 is 0. The number of benzene rings is 4. The number of aryl methyl sites for hydroxylation is 1. The van der Waals surface area contributed by atoms with Crippen LogP contribution in [0.15, 0.2) is 79.1 Å². The lowest BCUT2D eigenvalue weighted by Gasteiger charge is -2.27. The Morgan fingerprint density at radius 1 is 0.702 bits per heavy atom. The van der Waals surface area contributed by atoms with Crippen LogP contribution >= 0.6 is 0 Å². The molecule has 1 aromatic heterocycles. The van der Waals surface area contributed by atoms with Crippen molar-refractivity contribution in [2.24, 2.45) is 7.05 Å². The number of hydrogen-bond donors (Lipinski definition) is 1. The Morgan fingerprint density at radius 3 is 1.89 bits per heavy atom. The standard InChI is InChI=1S/C36H41N5O6/c1-40-23-38-36(39-40)31-15-25(16-32(37)35(31)46-6)22-47-21-24-8-7-9-28(14-24)41(19-26-10-12-29(42-2)17-33(26)44-4)20-27-11-13-30(43-3)18-34(27)45-5/h7-18,23H,19-22,37H2,1-6H3. The number of nitrogens with two attached hydrogens (primary N) is 1. The Morgan fingerprint density at radius 2 is 1.34 bits per heavy atom. The van der Waals surface area contributed by atoms with Crippen LogP contribution in [0, 0.1) is 0 Å². The topological polar surface area (TPSA) is 115 Å². The minimum absolute atomic E-state index is 0.341. The van der Waals surface area contributed by atoms with Crippen molar-refractivity contribution in [3.8, 4) is 40.1 Å². The highest BCUT2D eigenvalue weighted by molar-refractivity contribution is 5.74. The summed E-state index contributed by atoms with van der Waals surface area (Å²) in [6.45, 7) is 1.88. The van der Waals surface area contributed by atoms with E-state index in [0.717, 1.165) is 50.9 Å². The van der Waals surface area contributed by atoms with Crippen LogP contribution in [0.25, 0.3) is 11.4 Å². The third-order valence-corrected chi connectivity index (χ3v) is 7.75. The van der Waals surface area contributed by atoms with Gasteiger partial charge in [-0.05, 0) is 59.7 Å². The van der Waals surface area contributed by atoms with E-state index in [2.05, 4.69) is 33.2 Å². The number of aromatic nitrogens is 3. The van der Waals surface area contributed by atoms with Crippen molar-refractivity contribution >= 4 is 11.4 Å². The minimum atomic E-state index is 0.341. The average molecular weight is 640 g/mol. The summed E-state index contributed by atoms with van der Waals surface area (Å²) in [6.07, 6.45) is 1.64. The molecule has 0 bridgehead atoms. The van der Waals surface area contributed by atoms with Crippen LogP contribution in [0.3, 0.4) is 0 Å². The highest BCUT2D eigenvalue weighted by Crippen LogP contribution is 2.35. The summed E-state index contributed by atoms with van der Waals surface area (Å²) < 4.78 is 35.7. The number of ether oxygens (including phenoxy) is 6. The maximum Gasteiger partial charge on any atom is 0.184 e. The summed E-state index contributed by atoms with van der Waals surface area (Å²) in [5.74, 6) is 4.02. The molecule has 5 rings (SSSR count). The summed E-state index contributed by atoms with van der Waals surface area (Å²) in [4.78, 5) is 6.64. The monoisotopic (exact) mass is 639 g/mol. The van der Waals surface area contributed by atoms with E-state index < -0.39 is 0 Å². The summed E-state index contributed by atoms with van der Waals surface area (Å²) in [5.41, 5.74) is 12.5. The van der Waals surface area contributed by atoms with Gasteiger partial charge in [-0.1, -0.05) is 12.1 Å². The molecule has 0 fully saturated rings. The molecule has 1 heterocycles. The number of rotatable bonds is 15. The van der Waals surface area contributed by atoms with Gasteiger partial charge in [0.15, 0.2) is 11.6 Å². The van der Waals surface area contributed by atoms with Crippen molar-refractivity contribution in [2.75, 3.05) is 46.2 Å². The molecule has 0 aliphatic heterocycles. The van der Waals surface area contributed by atoms with E-state index in [1.165, 1.54) is 0 Å². The van der Waals surface area contributed by atoms with Crippen molar-refractivity contribution < 1.29 is 28.4 Å². The molecule has 11 heteroatoms.